The molecule has 122 valence electrons. The van der Waals surface area contributed by atoms with Gasteiger partial charge in [0.25, 0.3) is 0 Å². The number of nitrogens with zero attached hydrogens (tertiary/aromatic N) is 1. The van der Waals surface area contributed by atoms with Crippen LogP contribution in [-0.2, 0) is 15.1 Å². The highest BCUT2D eigenvalue weighted by Crippen LogP contribution is 2.37. The van der Waals surface area contributed by atoms with Gasteiger partial charge in [-0.1, -0.05) is 43.7 Å². The van der Waals surface area contributed by atoms with Gasteiger partial charge >= 0.3 is 6.16 Å². The van der Waals surface area contributed by atoms with Gasteiger partial charge in [-0.15, -0.1) is 0 Å². The molecule has 0 spiro atoms. The van der Waals surface area contributed by atoms with E-state index in [0.29, 0.717) is 6.61 Å². The molecular weight excluding hydrogens is 278 g/mol. The Kier molecular flexibility index (Phi) is 6.25. The van der Waals surface area contributed by atoms with E-state index >= 15 is 0 Å². The number of hydrogen-bond donors (Lipinski definition) is 0. The van der Waals surface area contributed by atoms with E-state index in [4.69, 9.17) is 9.47 Å². The first-order valence-electron chi connectivity index (χ1n) is 8.34. The molecule has 2 rings (SSSR count). The maximum absolute atomic E-state index is 11.9. The van der Waals surface area contributed by atoms with Crippen molar-refractivity contribution < 1.29 is 14.3 Å². The van der Waals surface area contributed by atoms with E-state index < -0.39 is 11.8 Å². The lowest BCUT2D eigenvalue weighted by Crippen LogP contribution is -2.45. The van der Waals surface area contributed by atoms with Gasteiger partial charge in [0.15, 0.2) is 0 Å². The molecule has 1 saturated heterocycles. The van der Waals surface area contributed by atoms with Crippen LogP contribution < -0.4 is 0 Å². The number of hydrogen-bond acceptors (Lipinski definition) is 4. The predicted molar refractivity (Wildman–Crippen MR) is 86.8 cm³/mol. The molecule has 0 amide bonds. The SMILES string of the molecule is CCCCN1CCC(OC(=O)OCC)(c2ccccc2)CC1. The van der Waals surface area contributed by atoms with Gasteiger partial charge in [-0.3, -0.25) is 0 Å². The summed E-state index contributed by atoms with van der Waals surface area (Å²) in [5.41, 5.74) is 0.522. The van der Waals surface area contributed by atoms with Crippen LogP contribution in [-0.4, -0.2) is 37.3 Å². The van der Waals surface area contributed by atoms with Crippen molar-refractivity contribution >= 4 is 6.16 Å². The molecule has 1 aromatic carbocycles. The highest BCUT2D eigenvalue weighted by Gasteiger charge is 2.40. The Balaban J connectivity index is 2.09. The van der Waals surface area contributed by atoms with E-state index in [2.05, 4.69) is 11.8 Å². The van der Waals surface area contributed by atoms with Crippen molar-refractivity contribution in [2.75, 3.05) is 26.2 Å². The lowest BCUT2D eigenvalue weighted by atomic mass is 9.84. The van der Waals surface area contributed by atoms with Gasteiger partial charge in [0.05, 0.1) is 6.61 Å². The number of carbonyl (C=O) groups is 1. The zero-order valence-electron chi connectivity index (χ0n) is 13.7. The van der Waals surface area contributed by atoms with Crippen LogP contribution in [0.25, 0.3) is 0 Å². The van der Waals surface area contributed by atoms with Crippen molar-refractivity contribution in [2.45, 2.75) is 45.1 Å². The average Bonchev–Trinajstić information content (AvgIpc) is 2.55. The third-order valence-electron chi connectivity index (χ3n) is 4.33. The van der Waals surface area contributed by atoms with Crippen LogP contribution in [0, 0.1) is 0 Å². The van der Waals surface area contributed by atoms with Crippen LogP contribution in [0.5, 0.6) is 0 Å². The Morgan fingerprint density at radius 3 is 2.45 bits per heavy atom. The van der Waals surface area contributed by atoms with Gasteiger partial charge < -0.3 is 14.4 Å². The number of likely N-dealkylation sites (tertiary alicyclic amines) is 1. The highest BCUT2D eigenvalue weighted by molar-refractivity contribution is 5.61. The standard InChI is InChI=1S/C18H27NO3/c1-3-5-13-19-14-11-18(12-15-19,22-17(20)21-4-2)16-9-7-6-8-10-16/h6-10H,3-5,11-15H2,1-2H3. The summed E-state index contributed by atoms with van der Waals surface area (Å²) in [5.74, 6) is 0. The summed E-state index contributed by atoms with van der Waals surface area (Å²) in [6.07, 6.45) is 3.50. The van der Waals surface area contributed by atoms with Crippen molar-refractivity contribution in [3.05, 3.63) is 35.9 Å². The molecule has 1 fully saturated rings. The molecule has 0 N–H and O–H groups in total. The summed E-state index contributed by atoms with van der Waals surface area (Å²) < 4.78 is 10.8. The number of benzene rings is 1. The minimum atomic E-state index is -0.562. The second kappa shape index (κ2) is 8.18. The van der Waals surface area contributed by atoms with Gasteiger partial charge in [0.1, 0.15) is 5.60 Å². The quantitative estimate of drug-likeness (QED) is 0.746. The number of piperidine rings is 1. The summed E-state index contributed by atoms with van der Waals surface area (Å²) in [7, 11) is 0. The van der Waals surface area contributed by atoms with Crippen LogP contribution in [0.2, 0.25) is 0 Å². The van der Waals surface area contributed by atoms with E-state index in [9.17, 15) is 4.79 Å². The first-order chi connectivity index (χ1) is 10.7. The maximum atomic E-state index is 11.9. The summed E-state index contributed by atoms with van der Waals surface area (Å²) in [4.78, 5) is 14.3. The zero-order valence-corrected chi connectivity index (χ0v) is 13.7. The number of rotatable bonds is 6. The number of carbonyl (C=O) groups excluding carboxylic acids is 1. The Bertz CT molecular complexity index is 453. The monoisotopic (exact) mass is 305 g/mol. The minimum absolute atomic E-state index is 0.340. The second-order valence-electron chi connectivity index (χ2n) is 5.84. The average molecular weight is 305 g/mol. The molecule has 0 unspecified atom stereocenters. The molecule has 0 bridgehead atoms. The third kappa shape index (κ3) is 4.23. The Morgan fingerprint density at radius 2 is 1.86 bits per heavy atom. The predicted octanol–water partition coefficient (Wildman–Crippen LogP) is 3.95. The van der Waals surface area contributed by atoms with Crippen LogP contribution in [0.4, 0.5) is 4.79 Å². The molecular formula is C18H27NO3. The van der Waals surface area contributed by atoms with Gasteiger partial charge in [-0.2, -0.15) is 0 Å². The molecule has 0 radical (unpaired) electrons. The van der Waals surface area contributed by atoms with E-state index in [1.165, 1.54) is 12.8 Å². The molecule has 0 aliphatic carbocycles. The fourth-order valence-electron chi connectivity index (χ4n) is 3.02. The summed E-state index contributed by atoms with van der Waals surface area (Å²) in [6, 6.07) is 10.1. The topological polar surface area (TPSA) is 38.8 Å². The van der Waals surface area contributed by atoms with Crippen LogP contribution >= 0.6 is 0 Å². The van der Waals surface area contributed by atoms with Gasteiger partial charge in [-0.05, 0) is 25.5 Å². The Hall–Kier alpha value is -1.55. The summed E-state index contributed by atoms with van der Waals surface area (Å²) >= 11 is 0. The van der Waals surface area contributed by atoms with Crippen LogP contribution in [0.15, 0.2) is 30.3 Å². The molecule has 0 aromatic heterocycles. The lowest BCUT2D eigenvalue weighted by molar-refractivity contribution is -0.0709. The van der Waals surface area contributed by atoms with Crippen LogP contribution in [0.3, 0.4) is 0 Å². The van der Waals surface area contributed by atoms with Crippen molar-refractivity contribution in [1.29, 1.82) is 0 Å². The fraction of sp³-hybridized carbons (Fsp3) is 0.611. The van der Waals surface area contributed by atoms with E-state index in [-0.39, 0.29) is 0 Å². The van der Waals surface area contributed by atoms with E-state index in [1.807, 2.05) is 30.3 Å². The lowest BCUT2D eigenvalue weighted by Gasteiger charge is -2.41. The molecule has 0 saturated carbocycles. The van der Waals surface area contributed by atoms with E-state index in [1.54, 1.807) is 6.92 Å². The molecule has 22 heavy (non-hydrogen) atoms. The summed E-state index contributed by atoms with van der Waals surface area (Å²) in [5, 5.41) is 0. The van der Waals surface area contributed by atoms with Gasteiger partial charge in [-0.25, -0.2) is 4.79 Å². The van der Waals surface area contributed by atoms with Crippen molar-refractivity contribution in [3.8, 4) is 0 Å². The molecule has 1 aliphatic rings. The normalized spacial score (nSPS) is 17.9. The molecule has 4 nitrogen and oxygen atoms in total. The third-order valence-corrected chi connectivity index (χ3v) is 4.33. The largest absolute Gasteiger partial charge is 0.509 e. The van der Waals surface area contributed by atoms with Gasteiger partial charge in [0.2, 0.25) is 0 Å². The Morgan fingerprint density at radius 1 is 1.18 bits per heavy atom. The summed E-state index contributed by atoms with van der Waals surface area (Å²) in [6.45, 7) is 7.38. The maximum Gasteiger partial charge on any atom is 0.509 e. The highest BCUT2D eigenvalue weighted by atomic mass is 16.7. The molecule has 1 aliphatic heterocycles. The molecule has 4 heteroatoms. The van der Waals surface area contributed by atoms with E-state index in [0.717, 1.165) is 38.0 Å². The van der Waals surface area contributed by atoms with Gasteiger partial charge in [0, 0.05) is 25.9 Å². The second-order valence-corrected chi connectivity index (χ2v) is 5.84. The number of ether oxygens (including phenoxy) is 2. The van der Waals surface area contributed by atoms with Crippen molar-refractivity contribution in [3.63, 3.8) is 0 Å². The smallest absolute Gasteiger partial charge is 0.435 e. The van der Waals surface area contributed by atoms with Crippen LogP contribution in [0.1, 0.15) is 45.1 Å². The minimum Gasteiger partial charge on any atom is -0.435 e. The molecule has 0 atom stereocenters. The first kappa shape index (κ1) is 16.8. The van der Waals surface area contributed by atoms with Crippen molar-refractivity contribution in [2.24, 2.45) is 0 Å². The molecule has 1 aromatic rings. The Labute approximate surface area is 133 Å². The van der Waals surface area contributed by atoms with Crippen molar-refractivity contribution in [1.82, 2.24) is 4.90 Å². The number of unbranched alkanes of at least 4 members (excludes halogenated alkanes) is 1. The molecule has 1 heterocycles. The first-order valence-corrected chi connectivity index (χ1v) is 8.34. The zero-order chi connectivity index (χ0) is 15.8. The fourth-order valence-corrected chi connectivity index (χ4v) is 3.02.